The van der Waals surface area contributed by atoms with Gasteiger partial charge in [-0.2, -0.15) is 0 Å². The zero-order valence-electron chi connectivity index (χ0n) is 14.2. The number of thioether (sulfide) groups is 1. The molecule has 3 nitrogen and oxygen atoms in total. The summed E-state index contributed by atoms with van der Waals surface area (Å²) in [4.78, 5) is 13.4. The van der Waals surface area contributed by atoms with E-state index in [9.17, 15) is 4.79 Å². The largest absolute Gasteiger partial charge is 0.325 e. The molecule has 0 saturated heterocycles. The van der Waals surface area contributed by atoms with E-state index in [1.165, 1.54) is 4.90 Å². The zero-order chi connectivity index (χ0) is 17.5. The second kappa shape index (κ2) is 9.11. The van der Waals surface area contributed by atoms with Crippen molar-refractivity contribution in [1.82, 2.24) is 5.32 Å². The third-order valence-corrected chi connectivity index (χ3v) is 4.75. The molecule has 128 valence electrons. The molecule has 2 aromatic rings. The van der Waals surface area contributed by atoms with Gasteiger partial charge in [0.15, 0.2) is 0 Å². The Morgan fingerprint density at radius 2 is 1.71 bits per heavy atom. The van der Waals surface area contributed by atoms with Crippen molar-refractivity contribution >= 4 is 35.0 Å². The van der Waals surface area contributed by atoms with Crippen molar-refractivity contribution in [3.8, 4) is 0 Å². The quantitative estimate of drug-likeness (QED) is 0.682. The number of benzene rings is 2. The summed E-state index contributed by atoms with van der Waals surface area (Å²) in [6.45, 7) is 4.52. The highest BCUT2D eigenvalue weighted by molar-refractivity contribution is 7.98. The second-order valence-corrected chi connectivity index (χ2v) is 7.25. The average Bonchev–Trinajstić information content (AvgIpc) is 2.57. The molecule has 0 aromatic heterocycles. The molecule has 5 heteroatoms. The topological polar surface area (TPSA) is 41.1 Å². The summed E-state index contributed by atoms with van der Waals surface area (Å²) in [5, 5.41) is 6.97. The maximum Gasteiger partial charge on any atom is 0.238 e. The van der Waals surface area contributed by atoms with E-state index in [0.29, 0.717) is 10.9 Å². The van der Waals surface area contributed by atoms with Crippen molar-refractivity contribution in [1.29, 1.82) is 0 Å². The smallest absolute Gasteiger partial charge is 0.238 e. The lowest BCUT2D eigenvalue weighted by molar-refractivity contribution is -0.115. The van der Waals surface area contributed by atoms with Crippen molar-refractivity contribution in [2.45, 2.75) is 24.8 Å². The van der Waals surface area contributed by atoms with Crippen molar-refractivity contribution in [2.75, 3.05) is 18.1 Å². The van der Waals surface area contributed by atoms with Crippen molar-refractivity contribution in [3.63, 3.8) is 0 Å². The molecular formula is C19H23ClN2OS. The van der Waals surface area contributed by atoms with E-state index < -0.39 is 0 Å². The molecule has 0 fully saturated rings. The van der Waals surface area contributed by atoms with Crippen LogP contribution in [0, 0.1) is 5.92 Å². The number of carbonyl (C=O) groups is 1. The van der Waals surface area contributed by atoms with Crippen LogP contribution in [0.1, 0.15) is 25.5 Å². The molecule has 1 amide bonds. The molecule has 2 rings (SSSR count). The van der Waals surface area contributed by atoms with Gasteiger partial charge in [-0.25, -0.2) is 0 Å². The normalized spacial score (nSPS) is 12.2. The molecule has 0 heterocycles. The fourth-order valence-corrected chi connectivity index (χ4v) is 3.02. The van der Waals surface area contributed by atoms with Gasteiger partial charge in [-0.15, -0.1) is 11.8 Å². The Morgan fingerprint density at radius 1 is 1.08 bits per heavy atom. The van der Waals surface area contributed by atoms with E-state index in [1.807, 2.05) is 54.8 Å². The summed E-state index contributed by atoms with van der Waals surface area (Å²) in [6.07, 6.45) is 2.03. The van der Waals surface area contributed by atoms with Crippen LogP contribution in [0.2, 0.25) is 5.02 Å². The van der Waals surface area contributed by atoms with Gasteiger partial charge in [0.25, 0.3) is 0 Å². The first-order valence-corrected chi connectivity index (χ1v) is 9.52. The second-order valence-electron chi connectivity index (χ2n) is 5.93. The van der Waals surface area contributed by atoms with E-state index in [0.717, 1.165) is 11.3 Å². The van der Waals surface area contributed by atoms with Crippen LogP contribution < -0.4 is 10.6 Å². The standard InChI is InChI=1S/C19H23ClN2OS/c1-13(2)19(14-4-6-15(20)7-5-14)21-12-18(23)22-16-8-10-17(24-3)11-9-16/h4-11,13,19,21H,12H2,1-3H3,(H,22,23). The predicted octanol–water partition coefficient (Wildman–Crippen LogP) is 4.99. The Balaban J connectivity index is 1.93. The lowest BCUT2D eigenvalue weighted by Crippen LogP contribution is -2.33. The molecule has 1 unspecified atom stereocenters. The SMILES string of the molecule is CSc1ccc(NC(=O)CNC(c2ccc(Cl)cc2)C(C)C)cc1. The maximum atomic E-state index is 12.2. The molecule has 0 aliphatic rings. The Morgan fingerprint density at radius 3 is 2.25 bits per heavy atom. The number of anilines is 1. The van der Waals surface area contributed by atoms with Gasteiger partial charge in [0, 0.05) is 21.6 Å². The number of amides is 1. The van der Waals surface area contributed by atoms with Gasteiger partial charge in [0.1, 0.15) is 0 Å². The minimum atomic E-state index is -0.0495. The van der Waals surface area contributed by atoms with E-state index in [2.05, 4.69) is 24.5 Å². The lowest BCUT2D eigenvalue weighted by Gasteiger charge is -2.23. The highest BCUT2D eigenvalue weighted by Gasteiger charge is 2.16. The van der Waals surface area contributed by atoms with Gasteiger partial charge in [-0.1, -0.05) is 37.6 Å². The fraction of sp³-hybridized carbons (Fsp3) is 0.316. The molecule has 0 saturated carbocycles. The van der Waals surface area contributed by atoms with Gasteiger partial charge in [-0.05, 0) is 54.1 Å². The third kappa shape index (κ3) is 5.55. The molecule has 2 N–H and O–H groups in total. The molecule has 0 radical (unpaired) electrons. The van der Waals surface area contributed by atoms with Gasteiger partial charge in [-0.3, -0.25) is 4.79 Å². The number of rotatable bonds is 7. The van der Waals surface area contributed by atoms with Crippen LogP contribution in [0.3, 0.4) is 0 Å². The minimum absolute atomic E-state index is 0.0495. The highest BCUT2D eigenvalue weighted by Crippen LogP contribution is 2.23. The van der Waals surface area contributed by atoms with E-state index >= 15 is 0 Å². The Labute approximate surface area is 153 Å². The van der Waals surface area contributed by atoms with Gasteiger partial charge >= 0.3 is 0 Å². The van der Waals surface area contributed by atoms with Crippen LogP contribution >= 0.6 is 23.4 Å². The number of carbonyl (C=O) groups excluding carboxylic acids is 1. The van der Waals surface area contributed by atoms with Gasteiger partial charge < -0.3 is 10.6 Å². The Kier molecular flexibility index (Phi) is 7.16. The summed E-state index contributed by atoms with van der Waals surface area (Å²) in [5.41, 5.74) is 1.94. The summed E-state index contributed by atoms with van der Waals surface area (Å²) in [7, 11) is 0. The molecular weight excluding hydrogens is 340 g/mol. The fourth-order valence-electron chi connectivity index (χ4n) is 2.49. The van der Waals surface area contributed by atoms with Crippen molar-refractivity contribution < 1.29 is 4.79 Å². The minimum Gasteiger partial charge on any atom is -0.325 e. The molecule has 0 bridgehead atoms. The number of halogens is 1. The molecule has 24 heavy (non-hydrogen) atoms. The monoisotopic (exact) mass is 362 g/mol. The average molecular weight is 363 g/mol. The van der Waals surface area contributed by atoms with Crippen LogP contribution in [-0.2, 0) is 4.79 Å². The van der Waals surface area contributed by atoms with Gasteiger partial charge in [0.2, 0.25) is 5.91 Å². The van der Waals surface area contributed by atoms with Crippen LogP contribution in [0.4, 0.5) is 5.69 Å². The third-order valence-electron chi connectivity index (χ3n) is 3.75. The van der Waals surface area contributed by atoms with E-state index in [-0.39, 0.29) is 18.5 Å². The van der Waals surface area contributed by atoms with Crippen molar-refractivity contribution in [3.05, 3.63) is 59.1 Å². The summed E-state index contributed by atoms with van der Waals surface area (Å²) >= 11 is 7.63. The molecule has 0 aliphatic carbocycles. The number of hydrogen-bond donors (Lipinski definition) is 2. The predicted molar refractivity (Wildman–Crippen MR) is 104 cm³/mol. The first-order chi connectivity index (χ1) is 11.5. The molecule has 0 aliphatic heterocycles. The Bertz CT molecular complexity index is 656. The van der Waals surface area contributed by atoms with Crippen LogP contribution in [0.15, 0.2) is 53.4 Å². The summed E-state index contributed by atoms with van der Waals surface area (Å²) < 4.78 is 0. The highest BCUT2D eigenvalue weighted by atomic mass is 35.5. The maximum absolute atomic E-state index is 12.2. The molecule has 1 atom stereocenters. The lowest BCUT2D eigenvalue weighted by atomic mass is 9.96. The van der Waals surface area contributed by atoms with Gasteiger partial charge in [0.05, 0.1) is 6.54 Å². The van der Waals surface area contributed by atoms with Crippen LogP contribution in [-0.4, -0.2) is 18.7 Å². The zero-order valence-corrected chi connectivity index (χ0v) is 15.7. The molecule has 0 spiro atoms. The van der Waals surface area contributed by atoms with E-state index in [4.69, 9.17) is 11.6 Å². The van der Waals surface area contributed by atoms with Crippen molar-refractivity contribution in [2.24, 2.45) is 5.92 Å². The first-order valence-electron chi connectivity index (χ1n) is 7.92. The Hall–Kier alpha value is -1.49. The van der Waals surface area contributed by atoms with E-state index in [1.54, 1.807) is 11.8 Å². The summed E-state index contributed by atoms with van der Waals surface area (Å²) in [6, 6.07) is 15.7. The molecule has 2 aromatic carbocycles. The number of nitrogens with one attached hydrogen (secondary N) is 2. The first kappa shape index (κ1) is 18.8. The summed E-state index contributed by atoms with van der Waals surface area (Å²) in [5.74, 6) is 0.311. The van der Waals surface area contributed by atoms with Crippen LogP contribution in [0.5, 0.6) is 0 Å². The number of hydrogen-bond acceptors (Lipinski definition) is 3. The van der Waals surface area contributed by atoms with Crippen LogP contribution in [0.25, 0.3) is 0 Å².